The van der Waals surface area contributed by atoms with Crippen LogP contribution >= 0.6 is 0 Å². The van der Waals surface area contributed by atoms with E-state index in [9.17, 15) is 26.0 Å². The molecule has 5 nitrogen and oxygen atoms in total. The fourth-order valence-corrected chi connectivity index (χ4v) is 2.14. The summed E-state index contributed by atoms with van der Waals surface area (Å²) in [5.41, 5.74) is -6.74. The maximum atomic E-state index is 13.0. The first-order chi connectivity index (χ1) is 9.63. The van der Waals surface area contributed by atoms with Crippen LogP contribution in [0.5, 0.6) is 0 Å². The molecule has 0 saturated carbocycles. The van der Waals surface area contributed by atoms with Crippen molar-refractivity contribution in [2.45, 2.75) is 10.4 Å². The van der Waals surface area contributed by atoms with Gasteiger partial charge in [-0.15, -0.1) is 0 Å². The van der Waals surface area contributed by atoms with E-state index in [4.69, 9.17) is 10.5 Å². The molecule has 0 amide bonds. The molecule has 0 unspecified atom stereocenters. The van der Waals surface area contributed by atoms with Gasteiger partial charge in [0.25, 0.3) is 9.84 Å². The van der Waals surface area contributed by atoms with Gasteiger partial charge in [-0.2, -0.15) is 23.7 Å². The predicted octanol–water partition coefficient (Wildman–Crippen LogP) is 2.46. The van der Waals surface area contributed by atoms with Crippen molar-refractivity contribution in [1.29, 1.82) is 10.5 Å². The third-order valence-corrected chi connectivity index (χ3v) is 3.68. The van der Waals surface area contributed by atoms with Gasteiger partial charge in [0.15, 0.2) is 0 Å². The second kappa shape index (κ2) is 5.81. The van der Waals surface area contributed by atoms with E-state index in [2.05, 4.69) is 5.32 Å². The monoisotopic (exact) mass is 319 g/mol. The lowest BCUT2D eigenvalue weighted by Crippen LogP contribution is -2.24. The standard InChI is InChI=1S/C11H5F4N3O2S/c12-8-1-2-9(18-6-7(4-16)5-17)10(3-8)21(19,20)11(13,14)15/h1-3,6,18H. The number of hydrogen-bond donors (Lipinski definition) is 1. The van der Waals surface area contributed by atoms with E-state index in [1.54, 1.807) is 0 Å². The fourth-order valence-electron chi connectivity index (χ4n) is 1.20. The van der Waals surface area contributed by atoms with E-state index >= 15 is 0 Å². The molecule has 0 spiro atoms. The SMILES string of the molecule is N#CC(C#N)=CNc1ccc(F)cc1S(=O)(=O)C(F)(F)F. The quantitative estimate of drug-likeness (QED) is 0.682. The molecule has 0 aliphatic heterocycles. The number of hydrogen-bond acceptors (Lipinski definition) is 5. The smallest absolute Gasteiger partial charge is 0.359 e. The zero-order valence-electron chi connectivity index (χ0n) is 9.94. The third kappa shape index (κ3) is 3.49. The highest BCUT2D eigenvalue weighted by Gasteiger charge is 2.48. The van der Waals surface area contributed by atoms with Crippen LogP contribution < -0.4 is 5.32 Å². The van der Waals surface area contributed by atoms with Gasteiger partial charge in [-0.1, -0.05) is 0 Å². The highest BCUT2D eigenvalue weighted by Crippen LogP contribution is 2.34. The maximum absolute atomic E-state index is 13.0. The van der Waals surface area contributed by atoms with E-state index in [0.29, 0.717) is 6.20 Å². The molecule has 0 aliphatic carbocycles. The number of rotatable bonds is 3. The number of allylic oxidation sites excluding steroid dienone is 1. The van der Waals surface area contributed by atoms with Gasteiger partial charge in [0.2, 0.25) is 0 Å². The summed E-state index contributed by atoms with van der Waals surface area (Å²) in [6.45, 7) is 0. The molecule has 0 aliphatic rings. The average molecular weight is 319 g/mol. The van der Waals surface area contributed by atoms with Crippen LogP contribution in [0.3, 0.4) is 0 Å². The van der Waals surface area contributed by atoms with Gasteiger partial charge < -0.3 is 5.32 Å². The van der Waals surface area contributed by atoms with E-state index in [0.717, 1.165) is 12.1 Å². The first-order valence-corrected chi connectivity index (χ1v) is 6.49. The van der Waals surface area contributed by atoms with Gasteiger partial charge in [0.05, 0.1) is 5.69 Å². The summed E-state index contributed by atoms with van der Waals surface area (Å²) in [6, 6.07) is 4.49. The lowest BCUT2D eigenvalue weighted by Gasteiger charge is -2.12. The number of benzene rings is 1. The highest BCUT2D eigenvalue weighted by atomic mass is 32.2. The molecule has 1 N–H and O–H groups in total. The Morgan fingerprint density at radius 2 is 1.81 bits per heavy atom. The van der Waals surface area contributed by atoms with Crippen molar-refractivity contribution >= 4 is 15.5 Å². The topological polar surface area (TPSA) is 93.8 Å². The van der Waals surface area contributed by atoms with Crippen LogP contribution in [0.4, 0.5) is 23.2 Å². The molecule has 21 heavy (non-hydrogen) atoms. The first-order valence-electron chi connectivity index (χ1n) is 5.01. The van der Waals surface area contributed by atoms with Crippen LogP contribution in [-0.2, 0) is 9.84 Å². The Hall–Kier alpha value is -2.59. The summed E-state index contributed by atoms with van der Waals surface area (Å²) in [4.78, 5) is -1.35. The van der Waals surface area contributed by atoms with Crippen LogP contribution in [-0.4, -0.2) is 13.9 Å². The second-order valence-corrected chi connectivity index (χ2v) is 5.43. The van der Waals surface area contributed by atoms with Crippen molar-refractivity contribution in [2.75, 3.05) is 5.32 Å². The van der Waals surface area contributed by atoms with Crippen molar-refractivity contribution in [3.63, 3.8) is 0 Å². The van der Waals surface area contributed by atoms with Gasteiger partial charge in [0.1, 0.15) is 28.4 Å². The predicted molar refractivity (Wildman–Crippen MR) is 62.6 cm³/mol. The van der Waals surface area contributed by atoms with Crippen LogP contribution in [0.1, 0.15) is 0 Å². The molecule has 0 fully saturated rings. The number of sulfone groups is 1. The summed E-state index contributed by atoms with van der Waals surface area (Å²) in [5.74, 6) is -1.19. The molecule has 0 bridgehead atoms. The van der Waals surface area contributed by atoms with Crippen molar-refractivity contribution in [3.05, 3.63) is 35.8 Å². The van der Waals surface area contributed by atoms with Crippen LogP contribution in [0.2, 0.25) is 0 Å². The molecule has 0 aromatic heterocycles. The Morgan fingerprint density at radius 1 is 1.24 bits per heavy atom. The first kappa shape index (κ1) is 16.5. The molecule has 1 aromatic carbocycles. The van der Waals surface area contributed by atoms with Crippen molar-refractivity contribution in [2.24, 2.45) is 0 Å². The number of anilines is 1. The number of nitriles is 2. The van der Waals surface area contributed by atoms with Crippen molar-refractivity contribution < 1.29 is 26.0 Å². The summed E-state index contributed by atoms with van der Waals surface area (Å²) in [6.07, 6.45) is 0.711. The number of nitrogens with one attached hydrogen (secondary N) is 1. The minimum atomic E-state index is -5.79. The van der Waals surface area contributed by atoms with E-state index < -0.39 is 37.3 Å². The normalized spacial score (nSPS) is 11.1. The summed E-state index contributed by atoms with van der Waals surface area (Å²) in [7, 11) is -5.79. The molecule has 1 rings (SSSR count). The van der Waals surface area contributed by atoms with E-state index in [-0.39, 0.29) is 6.07 Å². The highest BCUT2D eigenvalue weighted by molar-refractivity contribution is 7.92. The molecule has 10 heteroatoms. The minimum absolute atomic E-state index is 0.192. The lowest BCUT2D eigenvalue weighted by atomic mass is 10.3. The van der Waals surface area contributed by atoms with Crippen molar-refractivity contribution in [3.8, 4) is 12.1 Å². The van der Waals surface area contributed by atoms with Gasteiger partial charge in [-0.3, -0.25) is 0 Å². The van der Waals surface area contributed by atoms with E-state index in [1.165, 1.54) is 12.1 Å². The molecular formula is C11H5F4N3O2S. The summed E-state index contributed by atoms with van der Waals surface area (Å²) >= 11 is 0. The Labute approximate surface area is 116 Å². The molecular weight excluding hydrogens is 314 g/mol. The van der Waals surface area contributed by atoms with Crippen LogP contribution in [0, 0.1) is 28.5 Å². The van der Waals surface area contributed by atoms with Gasteiger partial charge in [-0.25, -0.2) is 12.8 Å². The molecule has 0 atom stereocenters. The van der Waals surface area contributed by atoms with Crippen LogP contribution in [0.25, 0.3) is 0 Å². The number of halogens is 4. The molecule has 110 valence electrons. The zero-order chi connectivity index (χ0) is 16.3. The van der Waals surface area contributed by atoms with E-state index in [1.807, 2.05) is 0 Å². The minimum Gasteiger partial charge on any atom is -0.359 e. The Bertz CT molecular complexity index is 754. The second-order valence-electron chi connectivity index (χ2n) is 3.52. The van der Waals surface area contributed by atoms with Gasteiger partial charge in [0, 0.05) is 6.20 Å². The van der Waals surface area contributed by atoms with Gasteiger partial charge >= 0.3 is 5.51 Å². The Balaban J connectivity index is 3.42. The third-order valence-electron chi connectivity index (χ3n) is 2.15. The van der Waals surface area contributed by atoms with Crippen molar-refractivity contribution in [1.82, 2.24) is 0 Å². The van der Waals surface area contributed by atoms with Crippen LogP contribution in [0.15, 0.2) is 34.9 Å². The largest absolute Gasteiger partial charge is 0.501 e. The fraction of sp³-hybridized carbons (Fsp3) is 0.0909. The number of alkyl halides is 3. The molecule has 0 heterocycles. The molecule has 0 saturated heterocycles. The molecule has 0 radical (unpaired) electrons. The maximum Gasteiger partial charge on any atom is 0.501 e. The van der Waals surface area contributed by atoms with Gasteiger partial charge in [-0.05, 0) is 18.2 Å². The Morgan fingerprint density at radius 3 is 2.29 bits per heavy atom. The zero-order valence-corrected chi connectivity index (χ0v) is 10.8. The average Bonchev–Trinajstić information content (AvgIpc) is 2.39. The molecule has 1 aromatic rings. The lowest BCUT2D eigenvalue weighted by molar-refractivity contribution is -0.0435. The Kier molecular flexibility index (Phi) is 4.55. The summed E-state index contributed by atoms with van der Waals surface area (Å²) < 4.78 is 73.2. The summed E-state index contributed by atoms with van der Waals surface area (Å²) in [5, 5.41) is 19.0. The number of nitrogens with zero attached hydrogens (tertiary/aromatic N) is 2.